The normalized spacial score (nSPS) is 15.8. The molecular weight excluding hydrogens is 470 g/mol. The van der Waals surface area contributed by atoms with E-state index in [0.29, 0.717) is 41.2 Å². The van der Waals surface area contributed by atoms with E-state index in [1.165, 1.54) is 4.88 Å². The molecule has 1 aliphatic carbocycles. The standard InChI is InChI=1S/C28H37N5O2S/c1-19(29)10-11-25(30)33-15-12-20(13-16-33)14-17-35-23-8-4-3-6-21(23)18-32(2)28(34)26-22-7-5-9-24(22)36-27(26)31/h3-4,6,8,10-11,20,29-30H,5,7,9,12-18,31H2,1-2H3/b11-10-,29-19?,30-25?. The van der Waals surface area contributed by atoms with Crippen LogP contribution in [0.3, 0.4) is 0 Å². The second kappa shape index (κ2) is 11.7. The Bertz CT molecular complexity index is 1150. The highest BCUT2D eigenvalue weighted by Crippen LogP contribution is 2.38. The van der Waals surface area contributed by atoms with Crippen LogP contribution in [-0.2, 0) is 19.4 Å². The molecule has 1 saturated heterocycles. The number of thiophene rings is 1. The van der Waals surface area contributed by atoms with Gasteiger partial charge >= 0.3 is 0 Å². The number of aryl methyl sites for hydroxylation is 1. The molecule has 36 heavy (non-hydrogen) atoms. The van der Waals surface area contributed by atoms with E-state index in [2.05, 4.69) is 4.90 Å². The monoisotopic (exact) mass is 507 g/mol. The summed E-state index contributed by atoms with van der Waals surface area (Å²) in [6.07, 6.45) is 9.50. The zero-order chi connectivity index (χ0) is 25.7. The minimum atomic E-state index is -0.00958. The van der Waals surface area contributed by atoms with E-state index in [1.807, 2.05) is 31.3 Å². The number of fused-ring (bicyclic) bond motifs is 1. The number of piperidine rings is 1. The number of amidine groups is 1. The Kier molecular flexibility index (Phi) is 8.46. The van der Waals surface area contributed by atoms with Crippen LogP contribution in [0, 0.1) is 16.7 Å². The Morgan fingerprint density at radius 3 is 2.72 bits per heavy atom. The number of allylic oxidation sites excluding steroid dienone is 1. The van der Waals surface area contributed by atoms with E-state index >= 15 is 0 Å². The van der Waals surface area contributed by atoms with Gasteiger partial charge in [-0.25, -0.2) is 0 Å². The molecule has 0 spiro atoms. The summed E-state index contributed by atoms with van der Waals surface area (Å²) in [6, 6.07) is 7.95. The highest BCUT2D eigenvalue weighted by Gasteiger charge is 2.27. The van der Waals surface area contributed by atoms with Crippen LogP contribution in [-0.4, -0.2) is 54.0 Å². The van der Waals surface area contributed by atoms with Crippen molar-refractivity contribution < 1.29 is 9.53 Å². The fraction of sp³-hybridized carbons (Fsp3) is 0.464. The lowest BCUT2D eigenvalue weighted by Crippen LogP contribution is -2.37. The van der Waals surface area contributed by atoms with E-state index in [-0.39, 0.29) is 5.91 Å². The van der Waals surface area contributed by atoms with Crippen molar-refractivity contribution in [3.05, 3.63) is 58.0 Å². The summed E-state index contributed by atoms with van der Waals surface area (Å²) in [6.45, 7) is 4.56. The van der Waals surface area contributed by atoms with Crippen molar-refractivity contribution in [3.8, 4) is 5.75 Å². The number of nitrogens with two attached hydrogens (primary N) is 1. The molecule has 4 N–H and O–H groups in total. The number of hydrogen-bond donors (Lipinski definition) is 3. The fourth-order valence-electron chi connectivity index (χ4n) is 5.06. The van der Waals surface area contributed by atoms with Crippen LogP contribution in [0.15, 0.2) is 36.4 Å². The summed E-state index contributed by atoms with van der Waals surface area (Å²) in [5.74, 6) is 1.87. The molecule has 4 rings (SSSR count). The van der Waals surface area contributed by atoms with E-state index in [0.717, 1.165) is 68.5 Å². The number of nitrogens with zero attached hydrogens (tertiary/aromatic N) is 2. The highest BCUT2D eigenvalue weighted by molar-refractivity contribution is 7.16. The SMILES string of the molecule is CC(=N)/C=C\C(=N)N1CCC(CCOc2ccccc2CN(C)C(=O)c2c(N)sc3c2CCC3)CC1. The number of likely N-dealkylation sites (tertiary alicyclic amines) is 1. The third kappa shape index (κ3) is 6.16. The summed E-state index contributed by atoms with van der Waals surface area (Å²) in [5.41, 5.74) is 9.54. The van der Waals surface area contributed by atoms with Gasteiger partial charge in [0.15, 0.2) is 0 Å². The molecule has 1 aliphatic heterocycles. The van der Waals surface area contributed by atoms with Crippen LogP contribution in [0.5, 0.6) is 5.75 Å². The number of benzene rings is 1. The lowest BCUT2D eigenvalue weighted by molar-refractivity contribution is 0.0784. The Morgan fingerprint density at radius 1 is 1.22 bits per heavy atom. The summed E-state index contributed by atoms with van der Waals surface area (Å²) < 4.78 is 6.20. The van der Waals surface area contributed by atoms with Gasteiger partial charge in [0, 0.05) is 42.8 Å². The summed E-state index contributed by atoms with van der Waals surface area (Å²) in [5, 5.41) is 16.3. The molecule has 7 nitrogen and oxygen atoms in total. The topological polar surface area (TPSA) is 106 Å². The average molecular weight is 508 g/mol. The van der Waals surface area contributed by atoms with Gasteiger partial charge in [-0.05, 0) is 75.1 Å². The third-order valence-electron chi connectivity index (χ3n) is 7.12. The van der Waals surface area contributed by atoms with Crippen molar-refractivity contribution in [3.63, 3.8) is 0 Å². The number of hydrogen-bond acceptors (Lipinski definition) is 6. The molecule has 1 aromatic carbocycles. The first kappa shape index (κ1) is 25.9. The highest BCUT2D eigenvalue weighted by atomic mass is 32.1. The van der Waals surface area contributed by atoms with Crippen molar-refractivity contribution in [2.45, 2.75) is 52.0 Å². The van der Waals surface area contributed by atoms with Crippen LogP contribution in [0.2, 0.25) is 0 Å². The molecule has 1 amide bonds. The van der Waals surface area contributed by atoms with Gasteiger partial charge in [-0.1, -0.05) is 18.2 Å². The number of ether oxygens (including phenoxy) is 1. The van der Waals surface area contributed by atoms with Gasteiger partial charge in [-0.3, -0.25) is 10.2 Å². The third-order valence-corrected chi connectivity index (χ3v) is 8.24. The van der Waals surface area contributed by atoms with Crippen molar-refractivity contribution in [1.29, 1.82) is 10.8 Å². The predicted molar refractivity (Wildman–Crippen MR) is 148 cm³/mol. The Labute approximate surface area is 218 Å². The lowest BCUT2D eigenvalue weighted by Gasteiger charge is -2.32. The van der Waals surface area contributed by atoms with Crippen LogP contribution in [0.4, 0.5) is 5.00 Å². The number of nitrogens with one attached hydrogen (secondary N) is 2. The second-order valence-corrected chi connectivity index (χ2v) is 11.0. The summed E-state index contributed by atoms with van der Waals surface area (Å²) in [7, 11) is 1.83. The molecule has 1 fully saturated rings. The molecule has 2 aliphatic rings. The average Bonchev–Trinajstić information content (AvgIpc) is 3.43. The van der Waals surface area contributed by atoms with Crippen molar-refractivity contribution in [2.24, 2.45) is 5.92 Å². The van der Waals surface area contributed by atoms with E-state index in [4.69, 9.17) is 21.3 Å². The number of carbonyl (C=O) groups excluding carboxylic acids is 1. The molecule has 2 heterocycles. The predicted octanol–water partition coefficient (Wildman–Crippen LogP) is 5.15. The van der Waals surface area contributed by atoms with Gasteiger partial charge in [0.2, 0.25) is 0 Å². The molecule has 0 atom stereocenters. The number of anilines is 1. The number of amides is 1. The first-order valence-electron chi connectivity index (χ1n) is 12.8. The van der Waals surface area contributed by atoms with Crippen LogP contribution < -0.4 is 10.5 Å². The van der Waals surface area contributed by atoms with Crippen molar-refractivity contribution >= 4 is 33.8 Å². The van der Waals surface area contributed by atoms with Gasteiger partial charge in [-0.2, -0.15) is 0 Å². The zero-order valence-corrected chi connectivity index (χ0v) is 22.1. The van der Waals surface area contributed by atoms with Crippen LogP contribution in [0.1, 0.15) is 59.0 Å². The molecule has 0 radical (unpaired) electrons. The van der Waals surface area contributed by atoms with Gasteiger partial charge < -0.3 is 25.7 Å². The smallest absolute Gasteiger partial charge is 0.257 e. The summed E-state index contributed by atoms with van der Waals surface area (Å²) in [4.78, 5) is 18.3. The Hall–Kier alpha value is -3.13. The largest absolute Gasteiger partial charge is 0.493 e. The van der Waals surface area contributed by atoms with E-state index in [9.17, 15) is 4.79 Å². The molecule has 1 aromatic heterocycles. The molecular formula is C28H37N5O2S. The fourth-order valence-corrected chi connectivity index (χ4v) is 6.21. The number of rotatable bonds is 9. The minimum Gasteiger partial charge on any atom is -0.493 e. The summed E-state index contributed by atoms with van der Waals surface area (Å²) >= 11 is 1.57. The minimum absolute atomic E-state index is 0.00958. The molecule has 0 saturated carbocycles. The molecule has 2 aromatic rings. The van der Waals surface area contributed by atoms with Gasteiger partial charge in [0.05, 0.1) is 17.2 Å². The van der Waals surface area contributed by atoms with Crippen molar-refractivity contribution in [1.82, 2.24) is 9.80 Å². The lowest BCUT2D eigenvalue weighted by atomic mass is 9.94. The quantitative estimate of drug-likeness (QED) is 0.322. The molecule has 192 valence electrons. The Balaban J connectivity index is 1.28. The maximum atomic E-state index is 13.2. The van der Waals surface area contributed by atoms with Gasteiger partial charge in [0.1, 0.15) is 11.6 Å². The molecule has 0 unspecified atom stereocenters. The van der Waals surface area contributed by atoms with E-state index in [1.54, 1.807) is 35.3 Å². The van der Waals surface area contributed by atoms with E-state index < -0.39 is 0 Å². The molecule has 8 heteroatoms. The van der Waals surface area contributed by atoms with Gasteiger partial charge in [0.25, 0.3) is 5.91 Å². The molecule has 0 bridgehead atoms. The Morgan fingerprint density at radius 2 is 1.97 bits per heavy atom. The maximum absolute atomic E-state index is 13.2. The first-order chi connectivity index (χ1) is 17.3. The number of nitrogen functional groups attached to an aromatic ring is 1. The van der Waals surface area contributed by atoms with Gasteiger partial charge in [-0.15, -0.1) is 11.3 Å². The van der Waals surface area contributed by atoms with Crippen molar-refractivity contribution in [2.75, 3.05) is 32.5 Å². The number of para-hydroxylation sites is 1. The maximum Gasteiger partial charge on any atom is 0.257 e. The second-order valence-electron chi connectivity index (χ2n) is 9.83. The van der Waals surface area contributed by atoms with Crippen LogP contribution in [0.25, 0.3) is 0 Å². The zero-order valence-electron chi connectivity index (χ0n) is 21.3. The van der Waals surface area contributed by atoms with Crippen LogP contribution >= 0.6 is 11.3 Å². The number of carbonyl (C=O) groups is 1. The first-order valence-corrected chi connectivity index (χ1v) is 13.6.